The Morgan fingerprint density at radius 3 is 2.68 bits per heavy atom. The molecule has 0 unspecified atom stereocenters. The molecule has 0 atom stereocenters. The highest BCUT2D eigenvalue weighted by Crippen LogP contribution is 2.29. The highest BCUT2D eigenvalue weighted by atomic mass is 32.2. The molecule has 1 aromatic rings. The van der Waals surface area contributed by atoms with E-state index in [4.69, 9.17) is 0 Å². The molecule has 1 N–H and O–H groups in total. The first-order valence-corrected chi connectivity index (χ1v) is 9.25. The van der Waals surface area contributed by atoms with Gasteiger partial charge in [0.2, 0.25) is 15.9 Å². The predicted molar refractivity (Wildman–Crippen MR) is 88.4 cm³/mol. The van der Waals surface area contributed by atoms with Gasteiger partial charge in [0.15, 0.2) is 0 Å². The predicted octanol–water partition coefficient (Wildman–Crippen LogP) is 1.93. The van der Waals surface area contributed by atoms with Crippen molar-refractivity contribution < 1.29 is 13.2 Å². The van der Waals surface area contributed by atoms with Crippen molar-refractivity contribution in [2.24, 2.45) is 5.41 Å². The molecule has 1 amide bonds. The van der Waals surface area contributed by atoms with Crippen molar-refractivity contribution in [2.45, 2.75) is 33.6 Å². The minimum atomic E-state index is -3.40. The van der Waals surface area contributed by atoms with E-state index in [0.29, 0.717) is 13.0 Å². The Kier molecular flexibility index (Phi) is 4.80. The highest BCUT2D eigenvalue weighted by molar-refractivity contribution is 7.92. The van der Waals surface area contributed by atoms with Crippen LogP contribution in [-0.4, -0.2) is 33.2 Å². The first kappa shape index (κ1) is 16.8. The van der Waals surface area contributed by atoms with Gasteiger partial charge < -0.3 is 5.32 Å². The molecule has 5 nitrogen and oxygen atoms in total. The van der Waals surface area contributed by atoms with Gasteiger partial charge >= 0.3 is 0 Å². The number of hydrogen-bond donors (Lipinski definition) is 1. The summed E-state index contributed by atoms with van der Waals surface area (Å²) in [5.74, 6) is -0.181. The molecule has 1 aliphatic heterocycles. The molecule has 1 heterocycles. The Morgan fingerprint density at radius 1 is 1.32 bits per heavy atom. The summed E-state index contributed by atoms with van der Waals surface area (Å²) in [6.45, 7) is 6.28. The van der Waals surface area contributed by atoms with Crippen LogP contribution in [0.1, 0.15) is 32.8 Å². The van der Waals surface area contributed by atoms with Crippen LogP contribution in [0.2, 0.25) is 0 Å². The van der Waals surface area contributed by atoms with Crippen molar-refractivity contribution in [3.63, 3.8) is 0 Å². The van der Waals surface area contributed by atoms with Gasteiger partial charge in [-0.3, -0.25) is 9.10 Å². The second kappa shape index (κ2) is 6.28. The van der Waals surface area contributed by atoms with Crippen molar-refractivity contribution >= 4 is 21.6 Å². The normalized spacial score (nSPS) is 14.8. The number of para-hydroxylation sites is 1. The lowest BCUT2D eigenvalue weighted by Gasteiger charge is -2.23. The van der Waals surface area contributed by atoms with Crippen LogP contribution in [0.5, 0.6) is 0 Å². The summed E-state index contributed by atoms with van der Waals surface area (Å²) in [7, 11) is -3.40. The smallest absolute Gasteiger partial charge is 0.236 e. The Bertz CT molecular complexity index is 653. The third kappa shape index (κ3) is 3.43. The zero-order valence-corrected chi connectivity index (χ0v) is 14.2. The number of nitrogens with zero attached hydrogens (tertiary/aromatic N) is 1. The number of rotatable bonds is 6. The maximum atomic E-state index is 12.5. The van der Waals surface area contributed by atoms with E-state index in [-0.39, 0.29) is 18.2 Å². The second-order valence-corrected chi connectivity index (χ2v) is 8.27. The number of nitrogens with one attached hydrogen (secondary N) is 1. The number of carbonyl (C=O) groups is 1. The van der Waals surface area contributed by atoms with Crippen LogP contribution in [-0.2, 0) is 21.2 Å². The van der Waals surface area contributed by atoms with E-state index >= 15 is 0 Å². The maximum Gasteiger partial charge on any atom is 0.236 e. The summed E-state index contributed by atoms with van der Waals surface area (Å²) in [4.78, 5) is 12.0. The van der Waals surface area contributed by atoms with Crippen LogP contribution in [0.3, 0.4) is 0 Å². The summed E-state index contributed by atoms with van der Waals surface area (Å²) >= 11 is 0. The maximum absolute atomic E-state index is 12.5. The zero-order chi connectivity index (χ0) is 16.4. The molecule has 0 aliphatic carbocycles. The van der Waals surface area contributed by atoms with Gasteiger partial charge in [0.25, 0.3) is 0 Å². The van der Waals surface area contributed by atoms with E-state index in [0.717, 1.165) is 17.7 Å². The Labute approximate surface area is 132 Å². The fourth-order valence-electron chi connectivity index (χ4n) is 2.40. The van der Waals surface area contributed by atoms with Gasteiger partial charge in [-0.05, 0) is 24.5 Å². The van der Waals surface area contributed by atoms with Gasteiger partial charge in [0.05, 0.1) is 11.4 Å². The minimum absolute atomic E-state index is 0.0765. The lowest BCUT2D eigenvalue weighted by Crippen LogP contribution is -2.41. The number of benzene rings is 1. The first-order valence-electron chi connectivity index (χ1n) is 7.64. The van der Waals surface area contributed by atoms with Crippen molar-refractivity contribution in [1.29, 1.82) is 0 Å². The van der Waals surface area contributed by atoms with E-state index in [2.05, 4.69) is 5.32 Å². The summed E-state index contributed by atoms with van der Waals surface area (Å²) in [5.41, 5.74) is 1.36. The molecule has 6 heteroatoms. The largest absolute Gasteiger partial charge is 0.355 e. The van der Waals surface area contributed by atoms with E-state index in [9.17, 15) is 13.2 Å². The van der Waals surface area contributed by atoms with E-state index < -0.39 is 15.4 Å². The monoisotopic (exact) mass is 324 g/mol. The molecule has 0 radical (unpaired) electrons. The third-order valence-corrected chi connectivity index (χ3v) is 6.10. The average molecular weight is 324 g/mol. The SMILES string of the molecule is CCC(C)(C)C(=O)NCCS(=O)(=O)N1CCc2ccccc21. The number of hydrogen-bond acceptors (Lipinski definition) is 3. The standard InChI is InChI=1S/C16H24N2O3S/c1-4-16(2,3)15(19)17-10-12-22(20,21)18-11-9-13-7-5-6-8-14(13)18/h5-8H,4,9-12H2,1-3H3,(H,17,19). The molecule has 122 valence electrons. The molecular weight excluding hydrogens is 300 g/mol. The molecule has 0 saturated heterocycles. The molecule has 0 bridgehead atoms. The van der Waals surface area contributed by atoms with Crippen LogP contribution in [0, 0.1) is 5.41 Å². The number of anilines is 1. The zero-order valence-electron chi connectivity index (χ0n) is 13.4. The number of carbonyl (C=O) groups excluding carboxylic acids is 1. The topological polar surface area (TPSA) is 66.5 Å². The van der Waals surface area contributed by atoms with E-state index in [1.165, 1.54) is 4.31 Å². The summed E-state index contributed by atoms with van der Waals surface area (Å²) in [6, 6.07) is 7.55. The number of fused-ring (bicyclic) bond motifs is 1. The average Bonchev–Trinajstić information content (AvgIpc) is 2.91. The molecule has 0 spiro atoms. The van der Waals surface area contributed by atoms with Gasteiger partial charge in [0.1, 0.15) is 0 Å². The summed E-state index contributed by atoms with van der Waals surface area (Å²) < 4.78 is 26.4. The van der Waals surface area contributed by atoms with Crippen LogP contribution < -0.4 is 9.62 Å². The van der Waals surface area contributed by atoms with Crippen LogP contribution in [0.25, 0.3) is 0 Å². The Balaban J connectivity index is 1.98. The Morgan fingerprint density at radius 2 is 2.00 bits per heavy atom. The van der Waals surface area contributed by atoms with Crippen molar-refractivity contribution in [3.8, 4) is 0 Å². The van der Waals surface area contributed by atoms with Crippen molar-refractivity contribution in [2.75, 3.05) is 23.1 Å². The van der Waals surface area contributed by atoms with Gasteiger partial charge in [-0.1, -0.05) is 39.0 Å². The number of sulfonamides is 1. The van der Waals surface area contributed by atoms with E-state index in [1.807, 2.05) is 45.0 Å². The molecule has 0 saturated carbocycles. The van der Waals surface area contributed by atoms with Crippen molar-refractivity contribution in [1.82, 2.24) is 5.32 Å². The molecule has 0 fully saturated rings. The summed E-state index contributed by atoms with van der Waals surface area (Å²) in [5, 5.41) is 2.73. The van der Waals surface area contributed by atoms with Gasteiger partial charge in [0, 0.05) is 18.5 Å². The highest BCUT2D eigenvalue weighted by Gasteiger charge is 2.30. The summed E-state index contributed by atoms with van der Waals surface area (Å²) in [6.07, 6.45) is 1.45. The Hall–Kier alpha value is -1.56. The second-order valence-electron chi connectivity index (χ2n) is 6.26. The first-order chi connectivity index (χ1) is 10.3. The van der Waals surface area contributed by atoms with Crippen LogP contribution in [0.15, 0.2) is 24.3 Å². The fraction of sp³-hybridized carbons (Fsp3) is 0.562. The molecule has 1 aliphatic rings. The van der Waals surface area contributed by atoms with Crippen LogP contribution >= 0.6 is 0 Å². The molecule has 0 aromatic heterocycles. The lowest BCUT2D eigenvalue weighted by atomic mass is 9.89. The molecule has 2 rings (SSSR count). The minimum Gasteiger partial charge on any atom is -0.355 e. The van der Waals surface area contributed by atoms with Crippen LogP contribution in [0.4, 0.5) is 5.69 Å². The third-order valence-electron chi connectivity index (χ3n) is 4.32. The van der Waals surface area contributed by atoms with Gasteiger partial charge in [-0.2, -0.15) is 0 Å². The molecule has 22 heavy (non-hydrogen) atoms. The van der Waals surface area contributed by atoms with Crippen molar-refractivity contribution in [3.05, 3.63) is 29.8 Å². The van der Waals surface area contributed by atoms with E-state index in [1.54, 1.807) is 0 Å². The number of amides is 1. The van der Waals surface area contributed by atoms with Gasteiger partial charge in [-0.25, -0.2) is 8.42 Å². The lowest BCUT2D eigenvalue weighted by molar-refractivity contribution is -0.129. The van der Waals surface area contributed by atoms with Gasteiger partial charge in [-0.15, -0.1) is 0 Å². The molecular formula is C16H24N2O3S. The fourth-order valence-corrected chi connectivity index (χ4v) is 3.83. The quantitative estimate of drug-likeness (QED) is 0.869. The molecule has 1 aromatic carbocycles.